The molecule has 1 atom stereocenters. The summed E-state index contributed by atoms with van der Waals surface area (Å²) in [5.74, 6) is 0.738. The van der Waals surface area contributed by atoms with Gasteiger partial charge in [-0.15, -0.1) is 11.6 Å². The summed E-state index contributed by atoms with van der Waals surface area (Å²) in [5, 5.41) is 0.512. The van der Waals surface area contributed by atoms with Crippen LogP contribution in [0.25, 0.3) is 0 Å². The second-order valence-corrected chi connectivity index (χ2v) is 2.65. The molecule has 0 heterocycles. The zero-order valence-corrected chi connectivity index (χ0v) is 6.17. The molecular formula is C5H11ClS. The van der Waals surface area contributed by atoms with Gasteiger partial charge in [0.1, 0.15) is 0 Å². The van der Waals surface area contributed by atoms with Crippen molar-refractivity contribution in [1.29, 1.82) is 0 Å². The first-order valence-electron chi connectivity index (χ1n) is 2.55. The first-order valence-corrected chi connectivity index (χ1v) is 3.60. The molecule has 0 saturated heterocycles. The van der Waals surface area contributed by atoms with Gasteiger partial charge < -0.3 is 0 Å². The summed E-state index contributed by atoms with van der Waals surface area (Å²) in [6, 6.07) is 0. The maximum atomic E-state index is 5.43. The Kier molecular flexibility index (Phi) is 5.23. The minimum Gasteiger partial charge on any atom is -0.176 e. The van der Waals surface area contributed by atoms with Gasteiger partial charge in [-0.05, 0) is 12.8 Å². The second-order valence-electron chi connectivity index (χ2n) is 1.54. The van der Waals surface area contributed by atoms with E-state index in [1.165, 1.54) is 0 Å². The van der Waals surface area contributed by atoms with E-state index in [2.05, 4.69) is 19.6 Å². The smallest absolute Gasteiger partial charge is 0.0233 e. The number of halogens is 1. The molecular weight excluding hydrogens is 128 g/mol. The molecule has 2 heteroatoms. The Morgan fingerprint density at radius 2 is 2.29 bits per heavy atom. The van der Waals surface area contributed by atoms with Gasteiger partial charge in [-0.25, -0.2) is 0 Å². The zero-order valence-electron chi connectivity index (χ0n) is 4.52. The lowest BCUT2D eigenvalue weighted by Crippen LogP contribution is -1.95. The summed E-state index contributed by atoms with van der Waals surface area (Å²) in [5.41, 5.74) is 0. The third kappa shape index (κ3) is 4.49. The van der Waals surface area contributed by atoms with Crippen LogP contribution in [0.3, 0.4) is 0 Å². The number of hydrogen-bond donors (Lipinski definition) is 1. The van der Waals surface area contributed by atoms with Gasteiger partial charge >= 0.3 is 0 Å². The molecule has 0 radical (unpaired) electrons. The molecule has 1 unspecified atom stereocenters. The maximum absolute atomic E-state index is 5.43. The van der Waals surface area contributed by atoms with Crippen LogP contribution in [0, 0.1) is 0 Å². The molecule has 44 valence electrons. The van der Waals surface area contributed by atoms with E-state index in [0.29, 0.717) is 5.25 Å². The van der Waals surface area contributed by atoms with Gasteiger partial charge in [0.05, 0.1) is 0 Å². The lowest BCUT2D eigenvalue weighted by molar-refractivity contribution is 0.802. The molecule has 0 saturated carbocycles. The highest BCUT2D eigenvalue weighted by molar-refractivity contribution is 7.80. The molecule has 0 aliphatic carbocycles. The first-order chi connectivity index (χ1) is 3.31. The van der Waals surface area contributed by atoms with E-state index in [1.54, 1.807) is 0 Å². The van der Waals surface area contributed by atoms with Crippen molar-refractivity contribution < 1.29 is 0 Å². The number of rotatable bonds is 3. The van der Waals surface area contributed by atoms with E-state index in [0.717, 1.165) is 18.7 Å². The van der Waals surface area contributed by atoms with Gasteiger partial charge in [0.15, 0.2) is 0 Å². The zero-order chi connectivity index (χ0) is 5.70. The first kappa shape index (κ1) is 7.64. The highest BCUT2D eigenvalue weighted by atomic mass is 35.5. The fourth-order valence-corrected chi connectivity index (χ4v) is 0.875. The monoisotopic (exact) mass is 138 g/mol. The van der Waals surface area contributed by atoms with Crippen LogP contribution >= 0.6 is 24.2 Å². The lowest BCUT2D eigenvalue weighted by atomic mass is 10.3. The third-order valence-electron chi connectivity index (χ3n) is 0.914. The standard InChI is InChI=1S/C5H11ClS/c1-2-5(7)3-4-6/h5,7H,2-4H2,1H3. The minimum absolute atomic E-state index is 0.512. The van der Waals surface area contributed by atoms with Crippen molar-refractivity contribution >= 4 is 24.2 Å². The lowest BCUT2D eigenvalue weighted by Gasteiger charge is -2.00. The quantitative estimate of drug-likeness (QED) is 0.449. The molecule has 0 N–H and O–H groups in total. The van der Waals surface area contributed by atoms with E-state index >= 15 is 0 Å². The Balaban J connectivity index is 2.83. The van der Waals surface area contributed by atoms with Crippen molar-refractivity contribution in [2.24, 2.45) is 0 Å². The summed E-state index contributed by atoms with van der Waals surface area (Å²) in [6.45, 7) is 2.12. The predicted molar refractivity (Wildman–Crippen MR) is 38.4 cm³/mol. The average Bonchev–Trinajstić information content (AvgIpc) is 1.68. The average molecular weight is 139 g/mol. The molecule has 0 aliphatic heterocycles. The van der Waals surface area contributed by atoms with Crippen molar-refractivity contribution in [2.75, 3.05) is 5.88 Å². The van der Waals surface area contributed by atoms with Crippen molar-refractivity contribution in [3.8, 4) is 0 Å². The molecule has 0 amide bonds. The minimum atomic E-state index is 0.512. The van der Waals surface area contributed by atoms with Crippen LogP contribution in [0.5, 0.6) is 0 Å². The molecule has 0 spiro atoms. The summed E-state index contributed by atoms with van der Waals surface area (Å²) in [4.78, 5) is 0. The van der Waals surface area contributed by atoms with Crippen molar-refractivity contribution in [1.82, 2.24) is 0 Å². The summed E-state index contributed by atoms with van der Waals surface area (Å²) in [7, 11) is 0. The molecule has 0 aliphatic rings. The van der Waals surface area contributed by atoms with E-state index in [-0.39, 0.29) is 0 Å². The third-order valence-corrected chi connectivity index (χ3v) is 1.76. The van der Waals surface area contributed by atoms with Gasteiger partial charge in [-0.1, -0.05) is 6.92 Å². The number of alkyl halides is 1. The van der Waals surface area contributed by atoms with Crippen LogP contribution in [0.4, 0.5) is 0 Å². The van der Waals surface area contributed by atoms with Crippen molar-refractivity contribution in [2.45, 2.75) is 25.0 Å². The van der Waals surface area contributed by atoms with Crippen molar-refractivity contribution in [3.05, 3.63) is 0 Å². The number of hydrogen-bond acceptors (Lipinski definition) is 1. The Morgan fingerprint density at radius 3 is 2.43 bits per heavy atom. The Labute approximate surface area is 55.7 Å². The van der Waals surface area contributed by atoms with Gasteiger partial charge in [0, 0.05) is 11.1 Å². The molecule has 0 bridgehead atoms. The fourth-order valence-electron chi connectivity index (χ4n) is 0.330. The SMILES string of the molecule is CCC(S)CCCl. The van der Waals surface area contributed by atoms with Gasteiger partial charge in [0.2, 0.25) is 0 Å². The van der Waals surface area contributed by atoms with Crippen LogP contribution < -0.4 is 0 Å². The molecule has 0 fully saturated rings. The summed E-state index contributed by atoms with van der Waals surface area (Å²) >= 11 is 9.65. The van der Waals surface area contributed by atoms with Gasteiger partial charge in [-0.3, -0.25) is 0 Å². The second kappa shape index (κ2) is 4.79. The van der Waals surface area contributed by atoms with Crippen LogP contribution in [-0.2, 0) is 0 Å². The number of thiol groups is 1. The van der Waals surface area contributed by atoms with Gasteiger partial charge in [0.25, 0.3) is 0 Å². The predicted octanol–water partition coefficient (Wildman–Crippen LogP) is 2.32. The summed E-state index contributed by atoms with van der Waals surface area (Å²) in [6.07, 6.45) is 2.15. The molecule has 0 nitrogen and oxygen atoms in total. The van der Waals surface area contributed by atoms with Crippen LogP contribution in [0.2, 0.25) is 0 Å². The molecule has 0 rings (SSSR count). The normalized spacial score (nSPS) is 14.1. The van der Waals surface area contributed by atoms with E-state index in [1.807, 2.05) is 0 Å². The van der Waals surface area contributed by atoms with E-state index in [9.17, 15) is 0 Å². The van der Waals surface area contributed by atoms with Gasteiger partial charge in [-0.2, -0.15) is 12.6 Å². The Bertz CT molecular complexity index is 39.1. The molecule has 7 heavy (non-hydrogen) atoms. The highest BCUT2D eigenvalue weighted by Crippen LogP contribution is 2.05. The fraction of sp³-hybridized carbons (Fsp3) is 1.00. The highest BCUT2D eigenvalue weighted by Gasteiger charge is 1.94. The van der Waals surface area contributed by atoms with Crippen LogP contribution in [0.15, 0.2) is 0 Å². The Hall–Kier alpha value is 0.640. The maximum Gasteiger partial charge on any atom is 0.0233 e. The Morgan fingerprint density at radius 1 is 1.71 bits per heavy atom. The largest absolute Gasteiger partial charge is 0.176 e. The van der Waals surface area contributed by atoms with Crippen molar-refractivity contribution in [3.63, 3.8) is 0 Å². The molecule has 0 aromatic rings. The summed E-state index contributed by atoms with van der Waals surface area (Å²) < 4.78 is 0. The topological polar surface area (TPSA) is 0 Å². The van der Waals surface area contributed by atoms with E-state index in [4.69, 9.17) is 11.6 Å². The molecule has 0 aromatic heterocycles. The van der Waals surface area contributed by atoms with Crippen LogP contribution in [0.1, 0.15) is 19.8 Å². The van der Waals surface area contributed by atoms with Crippen LogP contribution in [-0.4, -0.2) is 11.1 Å². The van der Waals surface area contributed by atoms with E-state index < -0.39 is 0 Å². The molecule has 0 aromatic carbocycles.